The third kappa shape index (κ3) is 3.92. The largest absolute Gasteiger partial charge is 0.478 e. The van der Waals surface area contributed by atoms with Gasteiger partial charge < -0.3 is 10.4 Å². The average molecular weight is 353 g/mol. The molecule has 2 N–H and O–H groups in total. The maximum absolute atomic E-state index is 13.2. The number of carboxylic acids is 1. The van der Waals surface area contributed by atoms with E-state index in [2.05, 4.69) is 5.32 Å². The topological polar surface area (TPSA) is 66.4 Å². The molecule has 0 aromatic heterocycles. The van der Waals surface area contributed by atoms with Crippen LogP contribution in [0.1, 0.15) is 15.9 Å². The molecule has 0 spiro atoms. The van der Waals surface area contributed by atoms with Gasteiger partial charge in [0.05, 0.1) is 11.3 Å². The molecule has 3 aromatic carbocycles. The van der Waals surface area contributed by atoms with E-state index in [0.717, 1.165) is 28.5 Å². The third-order valence-electron chi connectivity index (χ3n) is 3.72. The number of fused-ring (bicyclic) bond motifs is 1. The molecule has 3 aromatic rings. The first-order valence-electron chi connectivity index (χ1n) is 7.63. The van der Waals surface area contributed by atoms with Gasteiger partial charge in [-0.3, -0.25) is 4.79 Å². The summed E-state index contributed by atoms with van der Waals surface area (Å²) in [6, 6.07) is 12.7. The lowest BCUT2D eigenvalue weighted by Gasteiger charge is -2.06. The Balaban J connectivity index is 1.78. The molecule has 0 bridgehead atoms. The smallest absolute Gasteiger partial charge is 0.337 e. The first-order valence-corrected chi connectivity index (χ1v) is 7.63. The molecule has 0 fully saturated rings. The molecule has 4 nitrogen and oxygen atoms in total. The van der Waals surface area contributed by atoms with E-state index in [-0.39, 0.29) is 17.1 Å². The van der Waals surface area contributed by atoms with E-state index in [1.807, 2.05) is 0 Å². The zero-order valence-electron chi connectivity index (χ0n) is 13.4. The van der Waals surface area contributed by atoms with E-state index in [9.17, 15) is 18.4 Å². The third-order valence-corrected chi connectivity index (χ3v) is 3.72. The average Bonchev–Trinajstić information content (AvgIpc) is 2.61. The summed E-state index contributed by atoms with van der Waals surface area (Å²) in [7, 11) is 0. The minimum Gasteiger partial charge on any atom is -0.478 e. The van der Waals surface area contributed by atoms with Crippen LogP contribution >= 0.6 is 0 Å². The Hall–Kier alpha value is -3.54. The Labute approximate surface area is 147 Å². The fourth-order valence-electron chi connectivity index (χ4n) is 2.49. The summed E-state index contributed by atoms with van der Waals surface area (Å²) in [5.41, 5.74) is 0.388. The predicted octanol–water partition coefficient (Wildman–Crippen LogP) is 4.47. The van der Waals surface area contributed by atoms with E-state index in [1.165, 1.54) is 24.3 Å². The number of amides is 1. The highest BCUT2D eigenvalue weighted by Gasteiger charge is 2.12. The number of carbonyl (C=O) groups excluding carboxylic acids is 1. The summed E-state index contributed by atoms with van der Waals surface area (Å²) in [5, 5.41) is 13.0. The fourth-order valence-corrected chi connectivity index (χ4v) is 2.49. The van der Waals surface area contributed by atoms with Crippen molar-refractivity contribution in [2.75, 3.05) is 5.32 Å². The van der Waals surface area contributed by atoms with Crippen LogP contribution in [0.2, 0.25) is 0 Å². The zero-order valence-corrected chi connectivity index (χ0v) is 13.4. The standard InChI is InChI=1S/C20H13F2NO3/c21-15-5-4-13-9-12(1-3-14(13)10-15)2-8-19(24)23-18-7-6-16(22)11-17(18)20(25)26/h1-11H,(H,23,24)(H,25,26)/b8-2+. The molecule has 0 aliphatic carbocycles. The molecular formula is C20H13F2NO3. The Morgan fingerprint density at radius 2 is 1.54 bits per heavy atom. The van der Waals surface area contributed by atoms with Crippen LogP contribution in [0.4, 0.5) is 14.5 Å². The van der Waals surface area contributed by atoms with Crippen LogP contribution in [0, 0.1) is 11.6 Å². The van der Waals surface area contributed by atoms with Gasteiger partial charge in [0.15, 0.2) is 0 Å². The molecule has 130 valence electrons. The molecule has 0 saturated heterocycles. The molecule has 0 aliphatic rings. The van der Waals surface area contributed by atoms with Gasteiger partial charge in [-0.25, -0.2) is 13.6 Å². The van der Waals surface area contributed by atoms with Crippen LogP contribution in [0.5, 0.6) is 0 Å². The number of rotatable bonds is 4. The zero-order chi connectivity index (χ0) is 18.7. The Bertz CT molecular complexity index is 1040. The molecule has 0 heterocycles. The van der Waals surface area contributed by atoms with Gasteiger partial charge in [0.2, 0.25) is 5.91 Å². The van der Waals surface area contributed by atoms with Crippen molar-refractivity contribution in [2.24, 2.45) is 0 Å². The van der Waals surface area contributed by atoms with Gasteiger partial charge in [-0.1, -0.05) is 18.2 Å². The summed E-state index contributed by atoms with van der Waals surface area (Å²) in [6.45, 7) is 0. The van der Waals surface area contributed by atoms with Crippen LogP contribution < -0.4 is 5.32 Å². The van der Waals surface area contributed by atoms with E-state index in [4.69, 9.17) is 5.11 Å². The van der Waals surface area contributed by atoms with E-state index < -0.39 is 17.7 Å². The van der Waals surface area contributed by atoms with Crippen molar-refractivity contribution in [3.05, 3.63) is 83.4 Å². The number of nitrogens with one attached hydrogen (secondary N) is 1. The van der Waals surface area contributed by atoms with E-state index in [1.54, 1.807) is 30.3 Å². The van der Waals surface area contributed by atoms with E-state index in [0.29, 0.717) is 0 Å². The van der Waals surface area contributed by atoms with Crippen molar-refractivity contribution >= 4 is 34.4 Å². The van der Waals surface area contributed by atoms with Crippen molar-refractivity contribution in [3.63, 3.8) is 0 Å². The van der Waals surface area contributed by atoms with Crippen LogP contribution in [0.15, 0.2) is 60.7 Å². The van der Waals surface area contributed by atoms with Crippen LogP contribution in [-0.2, 0) is 4.79 Å². The first kappa shape index (κ1) is 17.3. The van der Waals surface area contributed by atoms with Crippen molar-refractivity contribution in [3.8, 4) is 0 Å². The second-order valence-electron chi connectivity index (χ2n) is 5.57. The molecule has 0 aliphatic heterocycles. The van der Waals surface area contributed by atoms with Crippen molar-refractivity contribution in [2.45, 2.75) is 0 Å². The SMILES string of the molecule is O=C(/C=C/c1ccc2cc(F)ccc2c1)Nc1ccc(F)cc1C(=O)O. The van der Waals surface area contributed by atoms with E-state index >= 15 is 0 Å². The summed E-state index contributed by atoms with van der Waals surface area (Å²) >= 11 is 0. The number of anilines is 1. The van der Waals surface area contributed by atoms with Gasteiger partial charge in [0.25, 0.3) is 0 Å². The lowest BCUT2D eigenvalue weighted by molar-refractivity contribution is -0.111. The predicted molar refractivity (Wildman–Crippen MR) is 94.9 cm³/mol. The van der Waals surface area contributed by atoms with Crippen molar-refractivity contribution < 1.29 is 23.5 Å². The fraction of sp³-hybridized carbons (Fsp3) is 0. The highest BCUT2D eigenvalue weighted by molar-refractivity contribution is 6.06. The highest BCUT2D eigenvalue weighted by atomic mass is 19.1. The minimum atomic E-state index is -1.34. The van der Waals surface area contributed by atoms with Gasteiger partial charge in [0, 0.05) is 6.08 Å². The molecular weight excluding hydrogens is 340 g/mol. The number of carboxylic acid groups (broad SMARTS) is 1. The number of halogens is 2. The van der Waals surface area contributed by atoms with Gasteiger partial charge in [-0.2, -0.15) is 0 Å². The summed E-state index contributed by atoms with van der Waals surface area (Å²) < 4.78 is 26.3. The normalized spacial score (nSPS) is 11.0. The van der Waals surface area contributed by atoms with Gasteiger partial charge in [-0.15, -0.1) is 0 Å². The summed E-state index contributed by atoms with van der Waals surface area (Å²) in [5.74, 6) is -2.93. The molecule has 26 heavy (non-hydrogen) atoms. The molecule has 3 rings (SSSR count). The summed E-state index contributed by atoms with van der Waals surface area (Å²) in [4.78, 5) is 23.1. The Kier molecular flexibility index (Phi) is 4.75. The molecule has 0 atom stereocenters. The molecule has 0 unspecified atom stereocenters. The lowest BCUT2D eigenvalue weighted by atomic mass is 10.1. The van der Waals surface area contributed by atoms with Crippen molar-refractivity contribution in [1.29, 1.82) is 0 Å². The van der Waals surface area contributed by atoms with Gasteiger partial charge in [0.1, 0.15) is 11.6 Å². The van der Waals surface area contributed by atoms with Gasteiger partial charge >= 0.3 is 5.97 Å². The molecule has 0 radical (unpaired) electrons. The number of aromatic carboxylic acids is 1. The number of hydrogen-bond acceptors (Lipinski definition) is 2. The second-order valence-corrected chi connectivity index (χ2v) is 5.57. The maximum atomic E-state index is 13.2. The lowest BCUT2D eigenvalue weighted by Crippen LogP contribution is -2.12. The van der Waals surface area contributed by atoms with Crippen LogP contribution in [-0.4, -0.2) is 17.0 Å². The first-order chi connectivity index (χ1) is 12.4. The van der Waals surface area contributed by atoms with Crippen LogP contribution in [0.25, 0.3) is 16.8 Å². The summed E-state index contributed by atoms with van der Waals surface area (Å²) in [6.07, 6.45) is 2.78. The Morgan fingerprint density at radius 1 is 0.885 bits per heavy atom. The molecule has 0 saturated carbocycles. The monoisotopic (exact) mass is 353 g/mol. The Morgan fingerprint density at radius 3 is 2.31 bits per heavy atom. The second kappa shape index (κ2) is 7.14. The molecule has 6 heteroatoms. The van der Waals surface area contributed by atoms with Gasteiger partial charge in [-0.05, 0) is 58.8 Å². The number of carbonyl (C=O) groups is 2. The number of hydrogen-bond donors (Lipinski definition) is 2. The molecule has 1 amide bonds. The quantitative estimate of drug-likeness (QED) is 0.680. The maximum Gasteiger partial charge on any atom is 0.337 e. The highest BCUT2D eigenvalue weighted by Crippen LogP contribution is 2.19. The van der Waals surface area contributed by atoms with Crippen LogP contribution in [0.3, 0.4) is 0 Å². The van der Waals surface area contributed by atoms with Crippen molar-refractivity contribution in [1.82, 2.24) is 0 Å². The minimum absolute atomic E-state index is 0.00235. The number of benzene rings is 3.